The summed E-state index contributed by atoms with van der Waals surface area (Å²) in [7, 11) is 0. The zero-order valence-electron chi connectivity index (χ0n) is 6.06. The van der Waals surface area contributed by atoms with Gasteiger partial charge in [-0.25, -0.2) is 13.8 Å². The molecule has 1 aromatic rings. The van der Waals surface area contributed by atoms with E-state index in [2.05, 4.69) is 4.98 Å². The van der Waals surface area contributed by atoms with Crippen LogP contribution in [0, 0.1) is 17.3 Å². The van der Waals surface area contributed by atoms with Crippen molar-refractivity contribution in [2.24, 2.45) is 0 Å². The Balaban J connectivity index is 3.41. The molecule has 0 fully saturated rings. The van der Waals surface area contributed by atoms with Crippen LogP contribution in [0.1, 0.15) is 17.6 Å². The molecular formula is C7H2ClF3N2. The van der Waals surface area contributed by atoms with E-state index in [1.165, 1.54) is 6.07 Å². The second-order valence-corrected chi connectivity index (χ2v) is 2.48. The van der Waals surface area contributed by atoms with Crippen LogP contribution in [0.5, 0.6) is 0 Å². The third-order valence-electron chi connectivity index (χ3n) is 1.34. The van der Waals surface area contributed by atoms with E-state index in [0.29, 0.717) is 0 Å². The maximum atomic E-state index is 12.6. The zero-order chi connectivity index (χ0) is 10.0. The van der Waals surface area contributed by atoms with E-state index in [1.54, 1.807) is 0 Å². The summed E-state index contributed by atoms with van der Waals surface area (Å²) in [5, 5.41) is 7.80. The Morgan fingerprint density at radius 1 is 1.54 bits per heavy atom. The molecular weight excluding hydrogens is 205 g/mol. The van der Waals surface area contributed by atoms with Gasteiger partial charge in [0.05, 0.1) is 16.1 Å². The van der Waals surface area contributed by atoms with E-state index in [0.717, 1.165) is 6.20 Å². The topological polar surface area (TPSA) is 36.7 Å². The molecule has 2 nitrogen and oxygen atoms in total. The second kappa shape index (κ2) is 3.62. The van der Waals surface area contributed by atoms with Crippen molar-refractivity contribution in [3.63, 3.8) is 0 Å². The van der Waals surface area contributed by atoms with Gasteiger partial charge >= 0.3 is 0 Å². The minimum absolute atomic E-state index is 0.265. The van der Waals surface area contributed by atoms with E-state index >= 15 is 0 Å². The zero-order valence-corrected chi connectivity index (χ0v) is 6.82. The predicted molar refractivity (Wildman–Crippen MR) is 38.9 cm³/mol. The monoisotopic (exact) mass is 206 g/mol. The first-order valence-electron chi connectivity index (χ1n) is 3.10. The standard InChI is InChI=1S/C7H2ClF3N2/c8-5-3(1-12)2-13-7(11)4(5)6(9)10/h2,6H. The summed E-state index contributed by atoms with van der Waals surface area (Å²) in [6.45, 7) is 0. The lowest BCUT2D eigenvalue weighted by Gasteiger charge is -2.03. The molecule has 0 aliphatic heterocycles. The number of hydrogen-bond donors (Lipinski definition) is 0. The molecule has 0 bridgehead atoms. The number of rotatable bonds is 1. The fraction of sp³-hybridized carbons (Fsp3) is 0.143. The van der Waals surface area contributed by atoms with E-state index in [1.807, 2.05) is 0 Å². The molecule has 13 heavy (non-hydrogen) atoms. The average molecular weight is 207 g/mol. The van der Waals surface area contributed by atoms with Crippen LogP contribution >= 0.6 is 11.6 Å². The van der Waals surface area contributed by atoms with Gasteiger partial charge in [0.25, 0.3) is 6.43 Å². The van der Waals surface area contributed by atoms with E-state index < -0.39 is 23.0 Å². The van der Waals surface area contributed by atoms with Gasteiger partial charge in [-0.2, -0.15) is 9.65 Å². The summed E-state index contributed by atoms with van der Waals surface area (Å²) in [5.41, 5.74) is -1.29. The number of pyridine rings is 1. The van der Waals surface area contributed by atoms with Crippen molar-refractivity contribution in [1.82, 2.24) is 4.98 Å². The van der Waals surface area contributed by atoms with Crippen molar-refractivity contribution in [1.29, 1.82) is 5.26 Å². The first kappa shape index (κ1) is 9.81. The Kier molecular flexibility index (Phi) is 2.73. The number of hydrogen-bond acceptors (Lipinski definition) is 2. The van der Waals surface area contributed by atoms with E-state index in [-0.39, 0.29) is 5.56 Å². The molecule has 0 N–H and O–H groups in total. The Labute approximate surface area is 76.6 Å². The summed E-state index contributed by atoms with van der Waals surface area (Å²) >= 11 is 5.33. The maximum absolute atomic E-state index is 12.6. The number of nitriles is 1. The lowest BCUT2D eigenvalue weighted by Crippen LogP contribution is -1.97. The molecule has 0 saturated heterocycles. The minimum Gasteiger partial charge on any atom is -0.226 e. The third-order valence-corrected chi connectivity index (χ3v) is 1.75. The Morgan fingerprint density at radius 3 is 2.62 bits per heavy atom. The van der Waals surface area contributed by atoms with Crippen molar-refractivity contribution in [2.45, 2.75) is 6.43 Å². The molecule has 0 aliphatic carbocycles. The molecule has 0 atom stereocenters. The van der Waals surface area contributed by atoms with E-state index in [4.69, 9.17) is 16.9 Å². The van der Waals surface area contributed by atoms with Gasteiger partial charge in [-0.05, 0) is 0 Å². The van der Waals surface area contributed by atoms with Crippen molar-refractivity contribution in [2.75, 3.05) is 0 Å². The molecule has 1 aromatic heterocycles. The summed E-state index contributed by atoms with van der Waals surface area (Å²) in [4.78, 5) is 2.98. The summed E-state index contributed by atoms with van der Waals surface area (Å²) < 4.78 is 36.9. The Morgan fingerprint density at radius 2 is 2.15 bits per heavy atom. The third kappa shape index (κ3) is 1.73. The van der Waals surface area contributed by atoms with Gasteiger partial charge in [0.15, 0.2) is 0 Å². The lowest BCUT2D eigenvalue weighted by molar-refractivity contribution is 0.145. The van der Waals surface area contributed by atoms with Gasteiger partial charge < -0.3 is 0 Å². The molecule has 1 rings (SSSR count). The lowest BCUT2D eigenvalue weighted by atomic mass is 10.2. The summed E-state index contributed by atoms with van der Waals surface area (Å²) in [5.74, 6) is -1.35. The highest BCUT2D eigenvalue weighted by atomic mass is 35.5. The number of halogens is 4. The van der Waals surface area contributed by atoms with Crippen LogP contribution in [0.25, 0.3) is 0 Å². The van der Waals surface area contributed by atoms with Crippen molar-refractivity contribution < 1.29 is 13.2 Å². The molecule has 0 radical (unpaired) electrons. The Bertz CT molecular complexity index is 373. The second-order valence-electron chi connectivity index (χ2n) is 2.10. The van der Waals surface area contributed by atoms with Crippen LogP contribution < -0.4 is 0 Å². The molecule has 6 heteroatoms. The van der Waals surface area contributed by atoms with E-state index in [9.17, 15) is 13.2 Å². The van der Waals surface area contributed by atoms with Crippen LogP contribution in [0.4, 0.5) is 13.2 Å². The number of alkyl halides is 2. The predicted octanol–water partition coefficient (Wildman–Crippen LogP) is 2.68. The SMILES string of the molecule is N#Cc1cnc(F)c(C(F)F)c1Cl. The molecule has 1 heterocycles. The average Bonchev–Trinajstić information content (AvgIpc) is 2.04. The molecule has 0 aromatic carbocycles. The summed E-state index contributed by atoms with van der Waals surface area (Å²) in [6.07, 6.45) is -2.27. The highest BCUT2D eigenvalue weighted by Gasteiger charge is 2.21. The highest BCUT2D eigenvalue weighted by Crippen LogP contribution is 2.30. The fourth-order valence-electron chi connectivity index (χ4n) is 0.747. The van der Waals surface area contributed by atoms with Crippen LogP contribution in [0.15, 0.2) is 6.20 Å². The smallest absolute Gasteiger partial charge is 0.226 e. The van der Waals surface area contributed by atoms with Gasteiger partial charge in [0.1, 0.15) is 6.07 Å². The highest BCUT2D eigenvalue weighted by molar-refractivity contribution is 6.32. The first-order chi connectivity index (χ1) is 6.07. The first-order valence-corrected chi connectivity index (χ1v) is 3.48. The van der Waals surface area contributed by atoms with Gasteiger partial charge in [0, 0.05) is 6.20 Å². The van der Waals surface area contributed by atoms with Crippen LogP contribution in [-0.2, 0) is 0 Å². The van der Waals surface area contributed by atoms with Gasteiger partial charge in [0.2, 0.25) is 5.95 Å². The molecule has 68 valence electrons. The quantitative estimate of drug-likeness (QED) is 0.663. The maximum Gasteiger partial charge on any atom is 0.269 e. The van der Waals surface area contributed by atoms with Crippen molar-refractivity contribution >= 4 is 11.6 Å². The molecule has 0 amide bonds. The molecule has 0 unspecified atom stereocenters. The molecule has 0 aliphatic rings. The fourth-order valence-corrected chi connectivity index (χ4v) is 0.998. The number of nitrogens with zero attached hydrogens (tertiary/aromatic N) is 2. The number of aromatic nitrogens is 1. The van der Waals surface area contributed by atoms with Gasteiger partial charge in [-0.15, -0.1) is 0 Å². The van der Waals surface area contributed by atoms with Crippen molar-refractivity contribution in [3.05, 3.63) is 28.3 Å². The minimum atomic E-state index is -3.08. The van der Waals surface area contributed by atoms with Crippen molar-refractivity contribution in [3.8, 4) is 6.07 Å². The largest absolute Gasteiger partial charge is 0.269 e. The van der Waals surface area contributed by atoms with Gasteiger partial charge in [-0.3, -0.25) is 0 Å². The van der Waals surface area contributed by atoms with Crippen LogP contribution in [0.3, 0.4) is 0 Å². The van der Waals surface area contributed by atoms with Crippen LogP contribution in [0.2, 0.25) is 5.02 Å². The van der Waals surface area contributed by atoms with Gasteiger partial charge in [-0.1, -0.05) is 11.6 Å². The normalized spacial score (nSPS) is 10.2. The van der Waals surface area contributed by atoms with Crippen LogP contribution in [-0.4, -0.2) is 4.98 Å². The molecule has 0 saturated carbocycles. The summed E-state index contributed by atoms with van der Waals surface area (Å²) in [6, 6.07) is 1.52. The Hall–Kier alpha value is -1.28. The molecule has 0 spiro atoms.